The standard InChI is InChI=1S/C16H26N2O3/c1-16(2,3)12-6-8-18(9-7-12)15(21)17-13-5-4-11(10-13)14(19)20/h4-5,11-13H,6-10H2,1-3H3,(H,17,21)(H,19,20). The van der Waals surface area contributed by atoms with Gasteiger partial charge in [-0.05, 0) is 30.6 Å². The molecule has 2 amide bonds. The number of likely N-dealkylation sites (tertiary alicyclic amines) is 1. The Kier molecular flexibility index (Phi) is 4.59. The maximum atomic E-state index is 12.2. The van der Waals surface area contributed by atoms with Gasteiger partial charge in [0.2, 0.25) is 0 Å². The highest BCUT2D eigenvalue weighted by Gasteiger charge is 2.32. The van der Waals surface area contributed by atoms with Gasteiger partial charge >= 0.3 is 12.0 Å². The van der Waals surface area contributed by atoms with Crippen molar-refractivity contribution >= 4 is 12.0 Å². The van der Waals surface area contributed by atoms with Crippen LogP contribution in [0.15, 0.2) is 12.2 Å². The lowest BCUT2D eigenvalue weighted by Gasteiger charge is -2.39. The lowest BCUT2D eigenvalue weighted by molar-refractivity contribution is -0.140. The Bertz CT molecular complexity index is 431. The summed E-state index contributed by atoms with van der Waals surface area (Å²) in [6, 6.07) is -0.220. The second-order valence-electron chi connectivity index (χ2n) is 7.25. The summed E-state index contributed by atoms with van der Waals surface area (Å²) >= 11 is 0. The third-order valence-corrected chi connectivity index (χ3v) is 4.72. The van der Waals surface area contributed by atoms with Gasteiger partial charge in [-0.3, -0.25) is 4.79 Å². The number of piperidine rings is 1. The highest BCUT2D eigenvalue weighted by Crippen LogP contribution is 2.34. The van der Waals surface area contributed by atoms with E-state index in [4.69, 9.17) is 5.11 Å². The Balaban J connectivity index is 1.79. The molecule has 1 heterocycles. The van der Waals surface area contributed by atoms with E-state index in [1.807, 2.05) is 4.90 Å². The van der Waals surface area contributed by atoms with E-state index >= 15 is 0 Å². The number of rotatable bonds is 2. The zero-order valence-corrected chi connectivity index (χ0v) is 13.1. The van der Waals surface area contributed by atoms with Gasteiger partial charge in [-0.2, -0.15) is 0 Å². The van der Waals surface area contributed by atoms with Crippen molar-refractivity contribution in [2.75, 3.05) is 13.1 Å². The molecule has 5 nitrogen and oxygen atoms in total. The minimum Gasteiger partial charge on any atom is -0.481 e. The molecule has 2 atom stereocenters. The monoisotopic (exact) mass is 294 g/mol. The van der Waals surface area contributed by atoms with Crippen LogP contribution in [-0.4, -0.2) is 41.1 Å². The van der Waals surface area contributed by atoms with Crippen LogP contribution >= 0.6 is 0 Å². The summed E-state index contributed by atoms with van der Waals surface area (Å²) in [6.45, 7) is 8.33. The molecule has 118 valence electrons. The number of carboxylic acids is 1. The van der Waals surface area contributed by atoms with Crippen LogP contribution in [0.1, 0.15) is 40.0 Å². The number of amides is 2. The number of carboxylic acid groups (broad SMARTS) is 1. The average Bonchev–Trinajstić information content (AvgIpc) is 2.86. The van der Waals surface area contributed by atoms with Crippen LogP contribution in [0.4, 0.5) is 4.79 Å². The zero-order valence-electron chi connectivity index (χ0n) is 13.1. The Hall–Kier alpha value is -1.52. The van der Waals surface area contributed by atoms with E-state index in [1.165, 1.54) is 0 Å². The molecular weight excluding hydrogens is 268 g/mol. The molecule has 2 N–H and O–H groups in total. The Labute approximate surface area is 126 Å². The first kappa shape index (κ1) is 15.9. The van der Waals surface area contributed by atoms with Crippen LogP contribution in [0.3, 0.4) is 0 Å². The highest BCUT2D eigenvalue weighted by molar-refractivity contribution is 5.76. The van der Waals surface area contributed by atoms with Gasteiger partial charge in [-0.1, -0.05) is 32.9 Å². The summed E-state index contributed by atoms with van der Waals surface area (Å²) in [4.78, 5) is 25.0. The second kappa shape index (κ2) is 6.08. The van der Waals surface area contributed by atoms with E-state index < -0.39 is 11.9 Å². The quantitative estimate of drug-likeness (QED) is 0.769. The summed E-state index contributed by atoms with van der Waals surface area (Å²) in [5.41, 5.74) is 0.297. The van der Waals surface area contributed by atoms with Gasteiger partial charge in [0.05, 0.1) is 12.0 Å². The SMILES string of the molecule is CC(C)(C)C1CCN(C(=O)NC2C=CC(C(=O)O)C2)CC1. The number of nitrogens with zero attached hydrogens (tertiary/aromatic N) is 1. The zero-order chi connectivity index (χ0) is 15.6. The molecule has 1 aliphatic carbocycles. The lowest BCUT2D eigenvalue weighted by atomic mass is 9.75. The van der Waals surface area contributed by atoms with Gasteiger partial charge < -0.3 is 15.3 Å². The van der Waals surface area contributed by atoms with E-state index in [9.17, 15) is 9.59 Å². The fourth-order valence-electron chi connectivity index (χ4n) is 3.19. The van der Waals surface area contributed by atoms with Crippen molar-refractivity contribution in [3.8, 4) is 0 Å². The van der Waals surface area contributed by atoms with Gasteiger partial charge in [0.25, 0.3) is 0 Å². The van der Waals surface area contributed by atoms with Gasteiger partial charge in [0.15, 0.2) is 0 Å². The number of aliphatic carboxylic acids is 1. The van der Waals surface area contributed by atoms with Gasteiger partial charge in [-0.25, -0.2) is 4.79 Å². The molecule has 1 fully saturated rings. The minimum absolute atomic E-state index is 0.0666. The number of hydrogen-bond acceptors (Lipinski definition) is 2. The van der Waals surface area contributed by atoms with Crippen LogP contribution in [0.25, 0.3) is 0 Å². The molecule has 2 rings (SSSR count). The van der Waals surface area contributed by atoms with Crippen LogP contribution in [0.5, 0.6) is 0 Å². The lowest BCUT2D eigenvalue weighted by Crippen LogP contribution is -2.48. The smallest absolute Gasteiger partial charge is 0.317 e. The molecule has 2 unspecified atom stereocenters. The Morgan fingerprint density at radius 3 is 2.29 bits per heavy atom. The number of carbonyl (C=O) groups is 2. The largest absolute Gasteiger partial charge is 0.481 e. The first-order chi connectivity index (χ1) is 9.77. The highest BCUT2D eigenvalue weighted by atomic mass is 16.4. The normalized spacial score (nSPS) is 26.9. The first-order valence-electron chi connectivity index (χ1n) is 7.74. The van der Waals surface area contributed by atoms with Crippen LogP contribution in [-0.2, 0) is 4.79 Å². The third kappa shape index (κ3) is 3.99. The number of hydrogen-bond donors (Lipinski definition) is 2. The van der Waals surface area contributed by atoms with E-state index in [2.05, 4.69) is 26.1 Å². The molecule has 0 radical (unpaired) electrons. The van der Waals surface area contributed by atoms with Crippen molar-refractivity contribution in [1.29, 1.82) is 0 Å². The molecule has 0 aromatic rings. The third-order valence-electron chi connectivity index (χ3n) is 4.72. The molecule has 0 bridgehead atoms. The summed E-state index contributed by atoms with van der Waals surface area (Å²) in [6.07, 6.45) is 5.99. The number of urea groups is 1. The van der Waals surface area contributed by atoms with E-state index in [0.29, 0.717) is 17.8 Å². The molecule has 0 saturated carbocycles. The summed E-state index contributed by atoms with van der Waals surface area (Å²) < 4.78 is 0. The van der Waals surface area contributed by atoms with E-state index in [-0.39, 0.29) is 12.1 Å². The molecule has 0 aromatic heterocycles. The van der Waals surface area contributed by atoms with Crippen LogP contribution in [0, 0.1) is 17.3 Å². The second-order valence-corrected chi connectivity index (χ2v) is 7.25. The van der Waals surface area contributed by atoms with Crippen molar-refractivity contribution in [3.63, 3.8) is 0 Å². The predicted octanol–water partition coefficient (Wildman–Crippen LogP) is 2.48. The molecule has 0 aromatic carbocycles. The maximum absolute atomic E-state index is 12.2. The van der Waals surface area contributed by atoms with Crippen molar-refractivity contribution in [1.82, 2.24) is 10.2 Å². The maximum Gasteiger partial charge on any atom is 0.317 e. The molecule has 21 heavy (non-hydrogen) atoms. The molecular formula is C16H26N2O3. The van der Waals surface area contributed by atoms with E-state index in [1.54, 1.807) is 12.2 Å². The predicted molar refractivity (Wildman–Crippen MR) is 81.0 cm³/mol. The van der Waals surface area contributed by atoms with Crippen LogP contribution in [0.2, 0.25) is 0 Å². The van der Waals surface area contributed by atoms with Gasteiger partial charge in [0, 0.05) is 13.1 Å². The first-order valence-corrected chi connectivity index (χ1v) is 7.74. The van der Waals surface area contributed by atoms with Gasteiger partial charge in [-0.15, -0.1) is 0 Å². The summed E-state index contributed by atoms with van der Waals surface area (Å²) in [5.74, 6) is -0.639. The number of carbonyl (C=O) groups excluding carboxylic acids is 1. The van der Waals surface area contributed by atoms with Gasteiger partial charge in [0.1, 0.15) is 0 Å². The van der Waals surface area contributed by atoms with Crippen molar-refractivity contribution in [2.24, 2.45) is 17.3 Å². The molecule has 1 aliphatic heterocycles. The topological polar surface area (TPSA) is 69.6 Å². The van der Waals surface area contributed by atoms with Crippen molar-refractivity contribution in [3.05, 3.63) is 12.2 Å². The molecule has 5 heteroatoms. The number of nitrogens with one attached hydrogen (secondary N) is 1. The van der Waals surface area contributed by atoms with Crippen molar-refractivity contribution < 1.29 is 14.7 Å². The summed E-state index contributed by atoms with van der Waals surface area (Å²) in [7, 11) is 0. The van der Waals surface area contributed by atoms with E-state index in [0.717, 1.165) is 25.9 Å². The Morgan fingerprint density at radius 1 is 1.19 bits per heavy atom. The van der Waals surface area contributed by atoms with Crippen molar-refractivity contribution in [2.45, 2.75) is 46.1 Å². The summed E-state index contributed by atoms with van der Waals surface area (Å²) in [5, 5.41) is 11.9. The molecule has 1 saturated heterocycles. The Morgan fingerprint density at radius 2 is 1.81 bits per heavy atom. The minimum atomic E-state index is -0.825. The van der Waals surface area contributed by atoms with Crippen LogP contribution < -0.4 is 5.32 Å². The fourth-order valence-corrected chi connectivity index (χ4v) is 3.19. The molecule has 2 aliphatic rings. The fraction of sp³-hybridized carbons (Fsp3) is 0.750. The molecule has 0 spiro atoms. The average molecular weight is 294 g/mol.